The van der Waals surface area contributed by atoms with E-state index in [4.69, 9.17) is 10.00 Å². The summed E-state index contributed by atoms with van der Waals surface area (Å²) in [6.45, 7) is 2.13. The minimum absolute atomic E-state index is 0.0395. The van der Waals surface area contributed by atoms with E-state index in [1.165, 1.54) is 6.07 Å². The van der Waals surface area contributed by atoms with Crippen LogP contribution in [0.3, 0.4) is 0 Å². The van der Waals surface area contributed by atoms with E-state index in [1.807, 2.05) is 6.07 Å². The number of aryl methyl sites for hydroxylation is 1. The van der Waals surface area contributed by atoms with Gasteiger partial charge in [0.2, 0.25) is 0 Å². The summed E-state index contributed by atoms with van der Waals surface area (Å²) in [5.41, 5.74) is 1.06. The number of rotatable bonds is 4. The van der Waals surface area contributed by atoms with Crippen molar-refractivity contribution in [1.29, 1.82) is 5.26 Å². The summed E-state index contributed by atoms with van der Waals surface area (Å²) < 4.78 is 4.79. The van der Waals surface area contributed by atoms with Crippen LogP contribution in [-0.2, 0) is 16.0 Å². The molecular formula is C12H13NO3. The van der Waals surface area contributed by atoms with Crippen molar-refractivity contribution in [3.05, 3.63) is 29.3 Å². The van der Waals surface area contributed by atoms with E-state index in [0.717, 1.165) is 5.56 Å². The predicted octanol–water partition coefficient (Wildman–Crippen LogP) is 1.76. The lowest BCUT2D eigenvalue weighted by molar-refractivity contribution is -0.143. The van der Waals surface area contributed by atoms with E-state index in [0.29, 0.717) is 13.0 Å². The molecule has 0 aliphatic carbocycles. The molecule has 16 heavy (non-hydrogen) atoms. The number of hydrogen-bond donors (Lipinski definition) is 1. The van der Waals surface area contributed by atoms with Gasteiger partial charge in [0.15, 0.2) is 0 Å². The topological polar surface area (TPSA) is 70.3 Å². The summed E-state index contributed by atoms with van der Waals surface area (Å²) in [5, 5.41) is 18.0. The van der Waals surface area contributed by atoms with Crippen molar-refractivity contribution in [2.45, 2.75) is 19.8 Å². The highest BCUT2D eigenvalue weighted by Crippen LogP contribution is 2.18. The molecule has 84 valence electrons. The first kappa shape index (κ1) is 12.1. The average molecular weight is 219 g/mol. The van der Waals surface area contributed by atoms with Crippen molar-refractivity contribution < 1.29 is 14.6 Å². The van der Waals surface area contributed by atoms with Crippen LogP contribution in [0.5, 0.6) is 5.75 Å². The predicted molar refractivity (Wildman–Crippen MR) is 57.8 cm³/mol. The van der Waals surface area contributed by atoms with Gasteiger partial charge >= 0.3 is 5.97 Å². The zero-order valence-electron chi connectivity index (χ0n) is 9.06. The van der Waals surface area contributed by atoms with Gasteiger partial charge in [-0.3, -0.25) is 4.79 Å². The lowest BCUT2D eigenvalue weighted by atomic mass is 10.1. The Labute approximate surface area is 94.1 Å². The number of aromatic hydroxyl groups is 1. The lowest BCUT2D eigenvalue weighted by Crippen LogP contribution is -2.05. The zero-order valence-corrected chi connectivity index (χ0v) is 9.06. The number of hydrogen-bond acceptors (Lipinski definition) is 4. The number of carbonyl (C=O) groups is 1. The normalized spacial score (nSPS) is 9.50. The number of nitriles is 1. The molecule has 1 aromatic carbocycles. The van der Waals surface area contributed by atoms with E-state index in [-0.39, 0.29) is 23.7 Å². The van der Waals surface area contributed by atoms with E-state index < -0.39 is 0 Å². The van der Waals surface area contributed by atoms with Gasteiger partial charge in [0.1, 0.15) is 11.8 Å². The Kier molecular flexibility index (Phi) is 4.34. The monoisotopic (exact) mass is 219 g/mol. The molecular weight excluding hydrogens is 206 g/mol. The molecule has 0 spiro atoms. The summed E-state index contributed by atoms with van der Waals surface area (Å²) >= 11 is 0. The van der Waals surface area contributed by atoms with Gasteiger partial charge in [-0.05, 0) is 31.0 Å². The molecule has 0 aliphatic rings. The second-order valence-corrected chi connectivity index (χ2v) is 3.27. The molecule has 0 saturated heterocycles. The van der Waals surface area contributed by atoms with E-state index in [1.54, 1.807) is 19.1 Å². The lowest BCUT2D eigenvalue weighted by Gasteiger charge is -2.03. The second-order valence-electron chi connectivity index (χ2n) is 3.27. The third kappa shape index (κ3) is 3.28. The van der Waals surface area contributed by atoms with Crippen LogP contribution in [0.15, 0.2) is 18.2 Å². The van der Waals surface area contributed by atoms with Crippen LogP contribution in [-0.4, -0.2) is 17.7 Å². The summed E-state index contributed by atoms with van der Waals surface area (Å²) in [4.78, 5) is 11.1. The molecule has 4 heteroatoms. The number of benzene rings is 1. The molecule has 1 aromatic rings. The molecule has 0 heterocycles. The van der Waals surface area contributed by atoms with Gasteiger partial charge in [-0.25, -0.2) is 0 Å². The van der Waals surface area contributed by atoms with Crippen LogP contribution in [0.1, 0.15) is 24.5 Å². The Hall–Kier alpha value is -2.02. The number of esters is 1. The van der Waals surface area contributed by atoms with Gasteiger partial charge in [0.25, 0.3) is 0 Å². The molecule has 1 N–H and O–H groups in total. The average Bonchev–Trinajstić information content (AvgIpc) is 2.28. The maximum absolute atomic E-state index is 11.1. The SMILES string of the molecule is CCOC(=O)CCc1ccc(O)c(C#N)c1. The van der Waals surface area contributed by atoms with E-state index >= 15 is 0 Å². The van der Waals surface area contributed by atoms with E-state index in [9.17, 15) is 9.90 Å². The Morgan fingerprint density at radius 1 is 1.56 bits per heavy atom. The number of carbonyl (C=O) groups excluding carboxylic acids is 1. The quantitative estimate of drug-likeness (QED) is 0.783. The Balaban J connectivity index is 2.62. The fourth-order valence-corrected chi connectivity index (χ4v) is 1.31. The Morgan fingerprint density at radius 2 is 2.31 bits per heavy atom. The molecule has 0 atom stereocenters. The smallest absolute Gasteiger partial charge is 0.306 e. The third-order valence-electron chi connectivity index (χ3n) is 2.10. The second kappa shape index (κ2) is 5.76. The van der Waals surface area contributed by atoms with Crippen LogP contribution >= 0.6 is 0 Å². The van der Waals surface area contributed by atoms with Crippen LogP contribution in [0, 0.1) is 11.3 Å². The molecule has 0 unspecified atom stereocenters. The van der Waals surface area contributed by atoms with Crippen molar-refractivity contribution in [2.24, 2.45) is 0 Å². The van der Waals surface area contributed by atoms with Gasteiger partial charge in [0.05, 0.1) is 12.2 Å². The van der Waals surface area contributed by atoms with Gasteiger partial charge in [-0.15, -0.1) is 0 Å². The molecule has 0 radical (unpaired) electrons. The Bertz CT molecular complexity index is 421. The highest BCUT2D eigenvalue weighted by Gasteiger charge is 2.05. The van der Waals surface area contributed by atoms with Crippen LogP contribution in [0.25, 0.3) is 0 Å². The van der Waals surface area contributed by atoms with Crippen molar-refractivity contribution in [3.8, 4) is 11.8 Å². The standard InChI is InChI=1S/C12H13NO3/c1-2-16-12(15)6-4-9-3-5-11(14)10(7-9)8-13/h3,5,7,14H,2,4,6H2,1H3. The molecule has 0 saturated carbocycles. The number of nitrogens with zero attached hydrogens (tertiary/aromatic N) is 1. The largest absolute Gasteiger partial charge is 0.507 e. The zero-order chi connectivity index (χ0) is 12.0. The maximum Gasteiger partial charge on any atom is 0.306 e. The fourth-order valence-electron chi connectivity index (χ4n) is 1.31. The minimum Gasteiger partial charge on any atom is -0.507 e. The molecule has 0 bridgehead atoms. The molecule has 0 fully saturated rings. The summed E-state index contributed by atoms with van der Waals surface area (Å²) in [6.07, 6.45) is 0.789. The number of ether oxygens (including phenoxy) is 1. The van der Waals surface area contributed by atoms with Gasteiger partial charge in [-0.1, -0.05) is 6.07 Å². The minimum atomic E-state index is -0.255. The van der Waals surface area contributed by atoms with Crippen molar-refractivity contribution >= 4 is 5.97 Å². The van der Waals surface area contributed by atoms with Crippen molar-refractivity contribution in [3.63, 3.8) is 0 Å². The van der Waals surface area contributed by atoms with Crippen LogP contribution in [0.2, 0.25) is 0 Å². The maximum atomic E-state index is 11.1. The first-order valence-electron chi connectivity index (χ1n) is 5.05. The molecule has 1 rings (SSSR count). The van der Waals surface area contributed by atoms with E-state index in [2.05, 4.69) is 0 Å². The fraction of sp³-hybridized carbons (Fsp3) is 0.333. The van der Waals surface area contributed by atoms with Gasteiger partial charge < -0.3 is 9.84 Å². The molecule has 0 aromatic heterocycles. The van der Waals surface area contributed by atoms with Gasteiger partial charge in [-0.2, -0.15) is 5.26 Å². The van der Waals surface area contributed by atoms with Crippen LogP contribution < -0.4 is 0 Å². The van der Waals surface area contributed by atoms with Crippen LogP contribution in [0.4, 0.5) is 0 Å². The summed E-state index contributed by atoms with van der Waals surface area (Å²) in [6, 6.07) is 6.61. The van der Waals surface area contributed by atoms with Crippen molar-refractivity contribution in [1.82, 2.24) is 0 Å². The first-order chi connectivity index (χ1) is 7.67. The molecule has 4 nitrogen and oxygen atoms in total. The number of phenols is 1. The first-order valence-corrected chi connectivity index (χ1v) is 5.05. The highest BCUT2D eigenvalue weighted by molar-refractivity contribution is 5.69. The molecule has 0 amide bonds. The van der Waals surface area contributed by atoms with Gasteiger partial charge in [0, 0.05) is 6.42 Å². The van der Waals surface area contributed by atoms with Crippen molar-refractivity contribution in [2.75, 3.05) is 6.61 Å². The Morgan fingerprint density at radius 3 is 2.94 bits per heavy atom. The number of phenolic OH excluding ortho intramolecular Hbond substituents is 1. The molecule has 0 aliphatic heterocycles. The highest BCUT2D eigenvalue weighted by atomic mass is 16.5. The summed E-state index contributed by atoms with van der Waals surface area (Å²) in [5.74, 6) is -0.295. The summed E-state index contributed by atoms with van der Waals surface area (Å²) in [7, 11) is 0. The third-order valence-corrected chi connectivity index (χ3v) is 2.10.